The molecular weight excluding hydrogens is 414 g/mol. The summed E-state index contributed by atoms with van der Waals surface area (Å²) >= 11 is 5.66. The van der Waals surface area contributed by atoms with Crippen LogP contribution in [0.4, 0.5) is 21.2 Å². The lowest BCUT2D eigenvalue weighted by atomic mass is 10.2. The molecule has 27 heavy (non-hydrogen) atoms. The summed E-state index contributed by atoms with van der Waals surface area (Å²) in [5.41, 5.74) is -2.05. The predicted octanol–water partition coefficient (Wildman–Crippen LogP) is 6.39. The molecule has 0 aliphatic rings. The summed E-state index contributed by atoms with van der Waals surface area (Å²) in [5, 5.41) is 9.36. The van der Waals surface area contributed by atoms with Gasteiger partial charge in [0.25, 0.3) is 5.69 Å². The van der Waals surface area contributed by atoms with Crippen LogP contribution in [-0.4, -0.2) is 18.0 Å². The second-order valence-electron chi connectivity index (χ2n) is 5.39. The van der Waals surface area contributed by atoms with Crippen molar-refractivity contribution in [3.63, 3.8) is 0 Å². The Balaban J connectivity index is 2.72. The first kappa shape index (κ1) is 20.7. The Morgan fingerprint density at radius 3 is 2.26 bits per heavy atom. The van der Waals surface area contributed by atoms with Crippen molar-refractivity contribution in [2.45, 2.75) is 4.90 Å². The van der Waals surface area contributed by atoms with Crippen LogP contribution < -0.4 is 0 Å². The maximum atomic E-state index is 14.6. The molecule has 0 N–H and O–H groups in total. The molecule has 0 radical (unpaired) electrons. The number of halogens is 5. The van der Waals surface area contributed by atoms with Crippen LogP contribution in [0.15, 0.2) is 58.8 Å². The quantitative estimate of drug-likeness (QED) is 0.241. The third-order valence-electron chi connectivity index (χ3n) is 3.45. The van der Waals surface area contributed by atoms with Gasteiger partial charge in [0.1, 0.15) is 5.56 Å². The van der Waals surface area contributed by atoms with E-state index >= 15 is 0 Å². The number of carbonyl (C=O) groups is 1. The minimum absolute atomic E-state index is 0.0528. The van der Waals surface area contributed by atoms with Crippen molar-refractivity contribution in [2.24, 2.45) is 0 Å². The normalized spacial score (nSPS) is 14.8. The van der Waals surface area contributed by atoms with Gasteiger partial charge < -0.3 is 4.74 Å². The van der Waals surface area contributed by atoms with Gasteiger partial charge in [-0.15, -0.1) is 15.5 Å². The molecule has 0 atom stereocenters. The minimum Gasteiger partial charge on any atom is -0.465 e. The molecule has 2 aromatic rings. The summed E-state index contributed by atoms with van der Waals surface area (Å²) in [6.45, 7) is 0. The molecular formula is C16H12ClF4NO4S. The van der Waals surface area contributed by atoms with E-state index in [4.69, 9.17) is 11.6 Å². The fourth-order valence-electron chi connectivity index (χ4n) is 2.15. The maximum Gasteiger partial charge on any atom is 0.344 e. The van der Waals surface area contributed by atoms with E-state index in [1.54, 1.807) is 0 Å². The smallest absolute Gasteiger partial charge is 0.344 e. The van der Waals surface area contributed by atoms with Gasteiger partial charge in [-0.05, 0) is 17.7 Å². The second-order valence-corrected chi connectivity index (χ2v) is 8.77. The molecule has 5 nitrogen and oxygen atoms in total. The van der Waals surface area contributed by atoms with Crippen molar-refractivity contribution in [1.82, 2.24) is 0 Å². The number of ether oxygens (including phenoxy) is 1. The molecule has 0 saturated heterocycles. The third kappa shape index (κ3) is 4.40. The Morgan fingerprint density at radius 1 is 1.15 bits per heavy atom. The zero-order valence-corrected chi connectivity index (χ0v) is 15.1. The van der Waals surface area contributed by atoms with Crippen LogP contribution in [-0.2, 0) is 4.74 Å². The van der Waals surface area contributed by atoms with E-state index in [1.165, 1.54) is 30.3 Å². The second kappa shape index (κ2) is 6.24. The number of carbonyl (C=O) groups excluding carboxylic acids is 1. The molecule has 0 aromatic heterocycles. The van der Waals surface area contributed by atoms with E-state index in [0.717, 1.165) is 7.11 Å². The van der Waals surface area contributed by atoms with Crippen LogP contribution in [0.25, 0.3) is 5.03 Å². The lowest BCUT2D eigenvalue weighted by Crippen LogP contribution is -2.13. The fourth-order valence-corrected chi connectivity index (χ4v) is 4.22. The molecule has 11 heteroatoms. The maximum absolute atomic E-state index is 14.6. The summed E-state index contributed by atoms with van der Waals surface area (Å²) in [6, 6.07) is 7.51. The minimum atomic E-state index is -9.14. The molecule has 2 aromatic carbocycles. The highest BCUT2D eigenvalue weighted by atomic mass is 35.5. The Morgan fingerprint density at radius 2 is 1.74 bits per heavy atom. The zero-order chi connectivity index (χ0) is 20.5. The van der Waals surface area contributed by atoms with E-state index in [-0.39, 0.29) is 17.7 Å². The van der Waals surface area contributed by atoms with Gasteiger partial charge in [-0.2, -0.15) is 0 Å². The van der Waals surface area contributed by atoms with Gasteiger partial charge in [0, 0.05) is 6.07 Å². The number of nitro benzene ring substituents is 1. The summed E-state index contributed by atoms with van der Waals surface area (Å²) in [6.07, 6.45) is 0. The van der Waals surface area contributed by atoms with E-state index in [9.17, 15) is 30.5 Å². The lowest BCUT2D eigenvalue weighted by Gasteiger charge is -2.47. The number of methoxy groups -OCH3 is 1. The van der Waals surface area contributed by atoms with Crippen molar-refractivity contribution < 1.29 is 30.0 Å². The lowest BCUT2D eigenvalue weighted by molar-refractivity contribution is -0.385. The monoisotopic (exact) mass is 425 g/mol. The third-order valence-corrected chi connectivity index (χ3v) is 5.86. The van der Waals surface area contributed by atoms with Gasteiger partial charge in [-0.3, -0.25) is 10.1 Å². The average molecular weight is 426 g/mol. The molecule has 2 rings (SSSR count). The number of rotatable bonds is 5. The topological polar surface area (TPSA) is 69.4 Å². The Labute approximate surface area is 155 Å². The summed E-state index contributed by atoms with van der Waals surface area (Å²) in [7, 11) is -8.31. The van der Waals surface area contributed by atoms with Crippen molar-refractivity contribution in [3.8, 4) is 0 Å². The van der Waals surface area contributed by atoms with Crippen molar-refractivity contribution in [1.29, 1.82) is 0 Å². The SMILES string of the molecule is COC(=O)c1cc(S(F)(F)(F)(F)/C=C(/Cl)c2ccccc2)ccc1[N+](=O)[O-]. The molecule has 0 aliphatic carbocycles. The van der Waals surface area contributed by atoms with Crippen LogP contribution in [0.3, 0.4) is 0 Å². The van der Waals surface area contributed by atoms with Crippen LogP contribution >= 0.6 is 21.4 Å². The van der Waals surface area contributed by atoms with Gasteiger partial charge in [0.2, 0.25) is 9.84 Å². The average Bonchev–Trinajstić information content (AvgIpc) is 2.59. The number of esters is 1. The summed E-state index contributed by atoms with van der Waals surface area (Å²) < 4.78 is 62.8. The number of nitro groups is 1. The van der Waals surface area contributed by atoms with E-state index in [0.29, 0.717) is 6.07 Å². The number of nitrogens with zero attached hydrogens (tertiary/aromatic N) is 1. The molecule has 0 bridgehead atoms. The molecule has 0 amide bonds. The fraction of sp³-hybridized carbons (Fsp3) is 0.0625. The molecule has 0 unspecified atom stereocenters. The van der Waals surface area contributed by atoms with Gasteiger partial charge in [-0.1, -0.05) is 41.9 Å². The Hall–Kier alpha value is -2.59. The molecule has 0 heterocycles. The van der Waals surface area contributed by atoms with E-state index in [1.807, 2.05) is 0 Å². The predicted molar refractivity (Wildman–Crippen MR) is 95.0 cm³/mol. The highest BCUT2D eigenvalue weighted by Gasteiger charge is 2.63. The first-order valence-electron chi connectivity index (χ1n) is 7.09. The van der Waals surface area contributed by atoms with Crippen molar-refractivity contribution in [2.75, 3.05) is 7.11 Å². The molecule has 146 valence electrons. The summed E-state index contributed by atoms with van der Waals surface area (Å²) in [4.78, 5) is 19.6. The number of hydrogen-bond acceptors (Lipinski definition) is 4. The van der Waals surface area contributed by atoms with Gasteiger partial charge in [-0.25, -0.2) is 4.79 Å². The van der Waals surface area contributed by atoms with E-state index < -0.39 is 47.3 Å². The Bertz CT molecular complexity index is 960. The van der Waals surface area contributed by atoms with E-state index in [2.05, 4.69) is 4.74 Å². The highest BCUT2D eigenvalue weighted by molar-refractivity contribution is 8.52. The first-order valence-corrected chi connectivity index (χ1v) is 9.58. The molecule has 0 aliphatic heterocycles. The molecule has 0 saturated carbocycles. The first-order chi connectivity index (χ1) is 12.3. The van der Waals surface area contributed by atoms with Crippen LogP contribution in [0, 0.1) is 10.1 Å². The van der Waals surface area contributed by atoms with Gasteiger partial charge in [0.15, 0.2) is 0 Å². The number of hydrogen-bond donors (Lipinski definition) is 0. The highest BCUT2D eigenvalue weighted by Crippen LogP contribution is 3.02. The van der Waals surface area contributed by atoms with Crippen LogP contribution in [0.5, 0.6) is 0 Å². The Kier molecular flexibility index (Phi) is 4.79. The zero-order valence-electron chi connectivity index (χ0n) is 13.6. The largest absolute Gasteiger partial charge is 0.465 e. The van der Waals surface area contributed by atoms with Gasteiger partial charge >= 0.3 is 5.97 Å². The standard InChI is InChI=1S/C16H12ClF4NO4S/c1-26-16(23)13-9-12(7-8-15(13)22(24)25)27(18,19,20,21)10-14(17)11-5-3-2-4-6-11/h2-10H,1H3/b14-10+. The molecule has 0 fully saturated rings. The van der Waals surface area contributed by atoms with Crippen molar-refractivity contribution in [3.05, 3.63) is 75.2 Å². The van der Waals surface area contributed by atoms with Crippen LogP contribution in [0.2, 0.25) is 0 Å². The number of benzene rings is 2. The van der Waals surface area contributed by atoms with Crippen LogP contribution in [0.1, 0.15) is 15.9 Å². The summed E-state index contributed by atoms with van der Waals surface area (Å²) in [5.74, 6) is -1.41. The van der Waals surface area contributed by atoms with Gasteiger partial charge in [0.05, 0.1) is 27.4 Å². The van der Waals surface area contributed by atoms with Crippen molar-refractivity contribution >= 4 is 38.1 Å². The molecule has 0 spiro atoms.